The topological polar surface area (TPSA) is 87.3 Å². The Morgan fingerprint density at radius 2 is 2.03 bits per heavy atom. The number of halogens is 2. The molecule has 2 aromatic carbocycles. The minimum atomic E-state index is -0.836. The summed E-state index contributed by atoms with van der Waals surface area (Å²) in [5.74, 6) is -0.513. The number of imidazole rings is 1. The van der Waals surface area contributed by atoms with E-state index in [2.05, 4.69) is 15.3 Å². The van der Waals surface area contributed by atoms with Crippen molar-refractivity contribution in [2.24, 2.45) is 0 Å². The van der Waals surface area contributed by atoms with Gasteiger partial charge in [0.25, 0.3) is 0 Å². The predicted octanol–water partition coefficient (Wildman–Crippen LogP) is 4.16. The van der Waals surface area contributed by atoms with E-state index < -0.39 is 24.1 Å². The Kier molecular flexibility index (Phi) is 6.67. The van der Waals surface area contributed by atoms with Crippen molar-refractivity contribution < 1.29 is 14.3 Å². The first-order valence-corrected chi connectivity index (χ1v) is 10.9. The highest BCUT2D eigenvalue weighted by Crippen LogP contribution is 2.37. The number of ether oxygens (including phenoxy) is 1. The molecule has 1 aromatic heterocycles. The zero-order valence-electron chi connectivity index (χ0n) is 17.3. The van der Waals surface area contributed by atoms with E-state index in [0.29, 0.717) is 40.7 Å². The highest BCUT2D eigenvalue weighted by atomic mass is 35.5. The molecule has 2 unspecified atom stereocenters. The van der Waals surface area contributed by atoms with E-state index in [1.807, 2.05) is 30.3 Å². The number of rotatable bonds is 5. The molecule has 32 heavy (non-hydrogen) atoms. The molecule has 0 saturated carbocycles. The van der Waals surface area contributed by atoms with Gasteiger partial charge < -0.3 is 19.9 Å². The molecule has 1 aliphatic rings. The lowest BCUT2D eigenvalue weighted by molar-refractivity contribution is -0.142. The number of aromatic nitrogens is 2. The molecule has 2 amide bonds. The number of hydrogen-bond acceptors (Lipinski definition) is 4. The second-order valence-electron chi connectivity index (χ2n) is 7.49. The molecule has 1 aliphatic heterocycles. The highest BCUT2D eigenvalue weighted by Gasteiger charge is 2.36. The SMILES string of the molecule is COC(=O)C(Cc1ccccc1)NC(=O)N1CCc2[nH]cnc2C1c1ccc(Cl)cc1Cl. The smallest absolute Gasteiger partial charge is 0.328 e. The molecule has 2 N–H and O–H groups in total. The number of hydrogen-bond donors (Lipinski definition) is 2. The standard InChI is InChI=1S/C23H22Cl2N4O3/c1-32-22(30)19(11-14-5-3-2-4-6-14)28-23(31)29-10-9-18-20(27-13-26-18)21(29)16-8-7-15(24)12-17(16)25/h2-8,12-13,19,21H,9-11H2,1H3,(H,26,27)(H,28,31). The van der Waals surface area contributed by atoms with E-state index in [1.165, 1.54) is 7.11 Å². The third-order valence-corrected chi connectivity index (χ3v) is 6.07. The largest absolute Gasteiger partial charge is 0.467 e. The monoisotopic (exact) mass is 472 g/mol. The zero-order chi connectivity index (χ0) is 22.7. The lowest BCUT2D eigenvalue weighted by Crippen LogP contribution is -2.52. The van der Waals surface area contributed by atoms with Gasteiger partial charge in [0.15, 0.2) is 0 Å². The number of nitrogens with one attached hydrogen (secondary N) is 2. The summed E-state index contributed by atoms with van der Waals surface area (Å²) in [6, 6.07) is 12.9. The van der Waals surface area contributed by atoms with Gasteiger partial charge in [0.1, 0.15) is 12.1 Å². The maximum Gasteiger partial charge on any atom is 0.328 e. The van der Waals surface area contributed by atoms with Gasteiger partial charge in [-0.3, -0.25) is 0 Å². The maximum absolute atomic E-state index is 13.4. The molecule has 2 atom stereocenters. The minimum absolute atomic E-state index is 0.313. The first-order chi connectivity index (χ1) is 15.5. The van der Waals surface area contributed by atoms with Crippen LogP contribution in [-0.4, -0.2) is 46.6 Å². The summed E-state index contributed by atoms with van der Waals surface area (Å²) in [5, 5.41) is 3.78. The van der Waals surface area contributed by atoms with Crippen molar-refractivity contribution in [1.82, 2.24) is 20.2 Å². The van der Waals surface area contributed by atoms with Crippen LogP contribution in [0.3, 0.4) is 0 Å². The van der Waals surface area contributed by atoms with Gasteiger partial charge in [-0.05, 0) is 23.3 Å². The quantitative estimate of drug-likeness (QED) is 0.545. The average molecular weight is 473 g/mol. The summed E-state index contributed by atoms with van der Waals surface area (Å²) in [4.78, 5) is 35.1. The Morgan fingerprint density at radius 1 is 1.25 bits per heavy atom. The fourth-order valence-corrected chi connectivity index (χ4v) is 4.46. The zero-order valence-corrected chi connectivity index (χ0v) is 18.9. The maximum atomic E-state index is 13.4. The number of H-pyrrole nitrogens is 1. The minimum Gasteiger partial charge on any atom is -0.467 e. The molecule has 0 aliphatic carbocycles. The van der Waals surface area contributed by atoms with Gasteiger partial charge in [-0.25, -0.2) is 14.6 Å². The van der Waals surface area contributed by atoms with Crippen LogP contribution in [0, 0.1) is 0 Å². The molecule has 0 bridgehead atoms. The van der Waals surface area contributed by atoms with E-state index in [9.17, 15) is 9.59 Å². The average Bonchev–Trinajstić information content (AvgIpc) is 3.27. The summed E-state index contributed by atoms with van der Waals surface area (Å²) in [6.07, 6.45) is 2.52. The van der Waals surface area contributed by atoms with Crippen molar-refractivity contribution in [1.29, 1.82) is 0 Å². The number of methoxy groups -OCH3 is 1. The van der Waals surface area contributed by atoms with Crippen molar-refractivity contribution in [2.45, 2.75) is 24.9 Å². The summed E-state index contributed by atoms with van der Waals surface area (Å²) < 4.78 is 4.94. The third kappa shape index (κ3) is 4.59. The van der Waals surface area contributed by atoms with Crippen LogP contribution in [0.1, 0.15) is 28.6 Å². The van der Waals surface area contributed by atoms with E-state index in [0.717, 1.165) is 11.3 Å². The van der Waals surface area contributed by atoms with Crippen LogP contribution < -0.4 is 5.32 Å². The van der Waals surface area contributed by atoms with Crippen LogP contribution in [0.15, 0.2) is 54.9 Å². The number of amides is 2. The van der Waals surface area contributed by atoms with Crippen LogP contribution in [0.25, 0.3) is 0 Å². The van der Waals surface area contributed by atoms with Crippen molar-refractivity contribution >= 4 is 35.2 Å². The van der Waals surface area contributed by atoms with Crippen molar-refractivity contribution in [3.8, 4) is 0 Å². The van der Waals surface area contributed by atoms with Gasteiger partial charge in [-0.15, -0.1) is 0 Å². The first-order valence-electron chi connectivity index (χ1n) is 10.1. The molecular formula is C23H22Cl2N4O3. The normalized spacial score (nSPS) is 16.2. The fourth-order valence-electron chi connectivity index (χ4n) is 3.95. The predicted molar refractivity (Wildman–Crippen MR) is 122 cm³/mol. The summed E-state index contributed by atoms with van der Waals surface area (Å²) >= 11 is 12.6. The molecule has 0 radical (unpaired) electrons. The lowest BCUT2D eigenvalue weighted by Gasteiger charge is -2.36. The molecule has 7 nitrogen and oxygen atoms in total. The molecule has 9 heteroatoms. The van der Waals surface area contributed by atoms with Gasteiger partial charge in [0.2, 0.25) is 0 Å². The van der Waals surface area contributed by atoms with E-state index in [4.69, 9.17) is 27.9 Å². The third-order valence-electron chi connectivity index (χ3n) is 5.51. The second kappa shape index (κ2) is 9.63. The molecule has 0 saturated heterocycles. The van der Waals surface area contributed by atoms with Crippen LogP contribution >= 0.6 is 23.2 Å². The summed E-state index contributed by atoms with van der Waals surface area (Å²) in [5.41, 5.74) is 3.28. The van der Waals surface area contributed by atoms with E-state index in [1.54, 1.807) is 29.4 Å². The van der Waals surface area contributed by atoms with Gasteiger partial charge in [-0.1, -0.05) is 59.6 Å². The molecular weight excluding hydrogens is 451 g/mol. The molecule has 0 fully saturated rings. The number of carbonyl (C=O) groups is 2. The molecule has 166 valence electrons. The Labute approximate surface area is 195 Å². The van der Waals surface area contributed by atoms with Crippen molar-refractivity contribution in [3.63, 3.8) is 0 Å². The molecule has 4 rings (SSSR count). The van der Waals surface area contributed by atoms with Crippen molar-refractivity contribution in [3.05, 3.63) is 87.4 Å². The fraction of sp³-hybridized carbons (Fsp3) is 0.261. The lowest BCUT2D eigenvalue weighted by atomic mass is 9.96. The van der Waals surface area contributed by atoms with Crippen LogP contribution in [0.2, 0.25) is 10.0 Å². The summed E-state index contributed by atoms with van der Waals surface area (Å²) in [7, 11) is 1.31. The van der Waals surface area contributed by atoms with E-state index >= 15 is 0 Å². The number of benzene rings is 2. The number of esters is 1. The Balaban J connectivity index is 1.63. The summed E-state index contributed by atoms with van der Waals surface area (Å²) in [6.45, 7) is 0.421. The number of fused-ring (bicyclic) bond motifs is 1. The van der Waals surface area contributed by atoms with Crippen LogP contribution in [0.4, 0.5) is 4.79 Å². The van der Waals surface area contributed by atoms with E-state index in [-0.39, 0.29) is 0 Å². The van der Waals surface area contributed by atoms with Gasteiger partial charge in [-0.2, -0.15) is 0 Å². The van der Waals surface area contributed by atoms with Gasteiger partial charge in [0, 0.05) is 35.1 Å². The first kappa shape index (κ1) is 22.2. The van der Waals surface area contributed by atoms with Crippen LogP contribution in [0.5, 0.6) is 0 Å². The van der Waals surface area contributed by atoms with Crippen molar-refractivity contribution in [2.75, 3.05) is 13.7 Å². The second-order valence-corrected chi connectivity index (χ2v) is 8.34. The number of aromatic amines is 1. The Morgan fingerprint density at radius 3 is 2.75 bits per heavy atom. The number of carbonyl (C=O) groups excluding carboxylic acids is 2. The Hall–Kier alpha value is -3.03. The molecule has 2 heterocycles. The highest BCUT2D eigenvalue weighted by molar-refractivity contribution is 6.35. The number of nitrogens with zero attached hydrogens (tertiary/aromatic N) is 2. The Bertz CT molecular complexity index is 1120. The van der Waals surface area contributed by atoms with Crippen LogP contribution in [-0.2, 0) is 22.4 Å². The molecule has 0 spiro atoms. The van der Waals surface area contributed by atoms with Gasteiger partial charge >= 0.3 is 12.0 Å². The van der Waals surface area contributed by atoms with Gasteiger partial charge in [0.05, 0.1) is 19.1 Å². The molecule has 3 aromatic rings. The number of urea groups is 1.